The number of rotatable bonds is 3. The van der Waals surface area contributed by atoms with Gasteiger partial charge in [0, 0.05) is 10.6 Å². The van der Waals surface area contributed by atoms with Crippen LogP contribution in [0.15, 0.2) is 66.7 Å². The van der Waals surface area contributed by atoms with Crippen molar-refractivity contribution in [2.75, 3.05) is 0 Å². The van der Waals surface area contributed by atoms with Gasteiger partial charge in [-0.3, -0.25) is 0 Å². The first-order valence-corrected chi connectivity index (χ1v) is 8.38. The van der Waals surface area contributed by atoms with Crippen LogP contribution in [0.25, 0.3) is 33.9 Å². The molecule has 7 heteroatoms. The minimum absolute atomic E-state index is 0.205. The lowest BCUT2D eigenvalue weighted by Gasteiger charge is -2.05. The second-order valence-corrected chi connectivity index (χ2v) is 6.17. The van der Waals surface area contributed by atoms with Gasteiger partial charge in [0.1, 0.15) is 11.6 Å². The SMILES string of the molecule is Fc1cccc(F)c1-c1nnc(-c2cccc(-c3ccc(Cl)cc3)c2)nn1. The smallest absolute Gasteiger partial charge is 0.206 e. The molecule has 132 valence electrons. The largest absolute Gasteiger partial charge is 0.209 e. The molecule has 0 bridgehead atoms. The zero-order chi connectivity index (χ0) is 18.8. The van der Waals surface area contributed by atoms with E-state index in [0.717, 1.165) is 23.3 Å². The summed E-state index contributed by atoms with van der Waals surface area (Å²) >= 11 is 5.92. The Bertz CT molecular complexity index is 1080. The molecule has 0 amide bonds. The highest BCUT2D eigenvalue weighted by Crippen LogP contribution is 2.26. The Kier molecular flexibility index (Phi) is 4.56. The molecule has 0 aliphatic carbocycles. The van der Waals surface area contributed by atoms with Gasteiger partial charge >= 0.3 is 0 Å². The van der Waals surface area contributed by atoms with Crippen LogP contribution >= 0.6 is 11.6 Å². The molecule has 0 atom stereocenters. The van der Waals surface area contributed by atoms with Crippen LogP contribution in [0.3, 0.4) is 0 Å². The normalized spacial score (nSPS) is 10.8. The molecule has 0 aliphatic heterocycles. The van der Waals surface area contributed by atoms with Gasteiger partial charge < -0.3 is 0 Å². The number of hydrogen-bond donors (Lipinski definition) is 0. The standard InChI is InChI=1S/C20H11ClF2N4/c21-15-9-7-12(8-10-15)13-3-1-4-14(11-13)19-24-26-20(27-25-19)18-16(22)5-2-6-17(18)23/h1-11H. The Morgan fingerprint density at radius 3 is 1.81 bits per heavy atom. The number of benzene rings is 3. The predicted molar refractivity (Wildman–Crippen MR) is 98.9 cm³/mol. The van der Waals surface area contributed by atoms with Gasteiger partial charge in [0.15, 0.2) is 0 Å². The van der Waals surface area contributed by atoms with E-state index in [1.54, 1.807) is 12.1 Å². The highest BCUT2D eigenvalue weighted by molar-refractivity contribution is 6.30. The molecule has 0 unspecified atom stereocenters. The molecule has 0 aliphatic rings. The van der Waals surface area contributed by atoms with Crippen LogP contribution in [0, 0.1) is 11.6 Å². The average molecular weight is 381 g/mol. The molecular weight excluding hydrogens is 370 g/mol. The summed E-state index contributed by atoms with van der Waals surface area (Å²) in [6, 6.07) is 18.4. The van der Waals surface area contributed by atoms with Crippen molar-refractivity contribution < 1.29 is 8.78 Å². The Balaban J connectivity index is 1.69. The lowest BCUT2D eigenvalue weighted by molar-refractivity contribution is 0.585. The third-order valence-corrected chi connectivity index (χ3v) is 4.22. The Morgan fingerprint density at radius 2 is 1.15 bits per heavy atom. The van der Waals surface area contributed by atoms with Crippen molar-refractivity contribution in [2.45, 2.75) is 0 Å². The van der Waals surface area contributed by atoms with Crippen molar-refractivity contribution in [1.82, 2.24) is 20.4 Å². The summed E-state index contributed by atoms with van der Waals surface area (Å²) in [5, 5.41) is 16.3. The van der Waals surface area contributed by atoms with Crippen LogP contribution in [0.4, 0.5) is 8.78 Å². The lowest BCUT2D eigenvalue weighted by atomic mass is 10.0. The molecule has 1 heterocycles. The fraction of sp³-hybridized carbons (Fsp3) is 0. The van der Waals surface area contributed by atoms with Gasteiger partial charge in [-0.1, -0.05) is 48.0 Å². The number of halogens is 3. The summed E-state index contributed by atoms with van der Waals surface area (Å²) < 4.78 is 27.7. The van der Waals surface area contributed by atoms with Gasteiger partial charge in [0.25, 0.3) is 0 Å². The van der Waals surface area contributed by atoms with Crippen molar-refractivity contribution in [1.29, 1.82) is 0 Å². The average Bonchev–Trinajstić information content (AvgIpc) is 2.69. The Morgan fingerprint density at radius 1 is 0.593 bits per heavy atom. The summed E-state index contributed by atoms with van der Waals surface area (Å²) in [6.45, 7) is 0. The van der Waals surface area contributed by atoms with Gasteiger partial charge in [0.2, 0.25) is 11.6 Å². The van der Waals surface area contributed by atoms with Crippen LogP contribution in [-0.4, -0.2) is 20.4 Å². The summed E-state index contributed by atoms with van der Waals surface area (Å²) in [7, 11) is 0. The van der Waals surface area contributed by atoms with Crippen molar-refractivity contribution >= 4 is 11.6 Å². The molecule has 27 heavy (non-hydrogen) atoms. The zero-order valence-corrected chi connectivity index (χ0v) is 14.5. The molecule has 0 saturated heterocycles. The maximum Gasteiger partial charge on any atom is 0.209 e. The van der Waals surface area contributed by atoms with E-state index in [4.69, 9.17) is 11.6 Å². The van der Waals surface area contributed by atoms with Crippen molar-refractivity contribution in [3.8, 4) is 33.9 Å². The third kappa shape index (κ3) is 3.52. The minimum atomic E-state index is -0.768. The molecule has 4 aromatic rings. The maximum atomic E-state index is 13.8. The van der Waals surface area contributed by atoms with Crippen LogP contribution < -0.4 is 0 Å². The first-order chi connectivity index (χ1) is 13.1. The maximum absolute atomic E-state index is 13.8. The van der Waals surface area contributed by atoms with Crippen molar-refractivity contribution in [2.24, 2.45) is 0 Å². The Hall–Kier alpha value is -3.25. The van der Waals surface area contributed by atoms with Gasteiger partial charge in [0.05, 0.1) is 5.56 Å². The first kappa shape index (κ1) is 17.2. The quantitative estimate of drug-likeness (QED) is 0.490. The van der Waals surface area contributed by atoms with Gasteiger partial charge in [-0.15, -0.1) is 20.4 Å². The molecule has 0 spiro atoms. The van der Waals surface area contributed by atoms with E-state index in [2.05, 4.69) is 20.4 Å². The van der Waals surface area contributed by atoms with E-state index < -0.39 is 11.6 Å². The summed E-state index contributed by atoms with van der Waals surface area (Å²) in [6.07, 6.45) is 0. The van der Waals surface area contributed by atoms with Crippen LogP contribution in [0.2, 0.25) is 5.02 Å². The second-order valence-electron chi connectivity index (χ2n) is 5.73. The first-order valence-electron chi connectivity index (χ1n) is 8.00. The fourth-order valence-electron chi connectivity index (χ4n) is 2.64. The van der Waals surface area contributed by atoms with Gasteiger partial charge in [-0.05, 0) is 41.5 Å². The van der Waals surface area contributed by atoms with E-state index in [1.165, 1.54) is 6.07 Å². The number of hydrogen-bond acceptors (Lipinski definition) is 4. The molecule has 0 fully saturated rings. The van der Waals surface area contributed by atoms with Gasteiger partial charge in [-0.25, -0.2) is 8.78 Å². The minimum Gasteiger partial charge on any atom is -0.206 e. The van der Waals surface area contributed by atoms with E-state index >= 15 is 0 Å². The molecular formula is C20H11ClF2N4. The summed E-state index contributed by atoms with van der Waals surface area (Å²) in [4.78, 5) is 0. The summed E-state index contributed by atoms with van der Waals surface area (Å²) in [5.74, 6) is -1.48. The topological polar surface area (TPSA) is 51.6 Å². The van der Waals surface area contributed by atoms with Crippen LogP contribution in [-0.2, 0) is 0 Å². The molecule has 1 aromatic heterocycles. The predicted octanol–water partition coefficient (Wildman–Crippen LogP) is 5.20. The van der Waals surface area contributed by atoms with Crippen LogP contribution in [0.1, 0.15) is 0 Å². The lowest BCUT2D eigenvalue weighted by Crippen LogP contribution is -2.02. The fourth-order valence-corrected chi connectivity index (χ4v) is 2.76. The highest BCUT2D eigenvalue weighted by Gasteiger charge is 2.15. The zero-order valence-electron chi connectivity index (χ0n) is 13.8. The van der Waals surface area contributed by atoms with Crippen molar-refractivity contribution in [3.05, 3.63) is 83.4 Å². The number of nitrogens with zero attached hydrogens (tertiary/aromatic N) is 4. The van der Waals surface area contributed by atoms with Crippen LogP contribution in [0.5, 0.6) is 0 Å². The molecule has 0 radical (unpaired) electrons. The van der Waals surface area contributed by atoms with E-state index in [1.807, 2.05) is 36.4 Å². The molecule has 4 rings (SSSR count). The van der Waals surface area contributed by atoms with Crippen molar-refractivity contribution in [3.63, 3.8) is 0 Å². The summed E-state index contributed by atoms with van der Waals surface area (Å²) in [5.41, 5.74) is 2.26. The second kappa shape index (κ2) is 7.17. The molecule has 0 saturated carbocycles. The van der Waals surface area contributed by atoms with E-state index in [-0.39, 0.29) is 17.2 Å². The molecule has 4 nitrogen and oxygen atoms in total. The monoisotopic (exact) mass is 380 g/mol. The molecule has 0 N–H and O–H groups in total. The van der Waals surface area contributed by atoms with Gasteiger partial charge in [-0.2, -0.15) is 0 Å². The third-order valence-electron chi connectivity index (χ3n) is 3.96. The molecule has 3 aromatic carbocycles. The van der Waals surface area contributed by atoms with E-state index in [9.17, 15) is 8.78 Å². The highest BCUT2D eigenvalue weighted by atomic mass is 35.5. The Labute approximate surface area is 158 Å². The number of aromatic nitrogens is 4. The van der Waals surface area contributed by atoms with E-state index in [0.29, 0.717) is 10.6 Å².